The zero-order valence-corrected chi connectivity index (χ0v) is 22.9. The molecule has 4 nitrogen and oxygen atoms in total. The summed E-state index contributed by atoms with van der Waals surface area (Å²) in [4.78, 5) is 26.6. The molecule has 0 saturated heterocycles. The van der Waals surface area contributed by atoms with Crippen LogP contribution in [0, 0.1) is 11.8 Å². The van der Waals surface area contributed by atoms with Crippen LogP contribution in [0.25, 0.3) is 0 Å². The Kier molecular flexibility index (Phi) is 7.63. The maximum Gasteiger partial charge on any atom is 0.310 e. The number of ether oxygens (including phenoxy) is 1. The van der Waals surface area contributed by atoms with Gasteiger partial charge in [0.05, 0.1) is 11.8 Å². The van der Waals surface area contributed by atoms with E-state index >= 15 is 0 Å². The third-order valence-electron chi connectivity index (χ3n) is 7.83. The SMILES string of the molecule is O=C(O)C1[C@H](c2ccccc2Br)C(C(=O)O[C@@H]2CCCC[C@H]2c2ccccc2)[C@H]1c1ccccc1Br. The van der Waals surface area contributed by atoms with Gasteiger partial charge in [0, 0.05) is 26.7 Å². The molecule has 5 rings (SSSR count). The summed E-state index contributed by atoms with van der Waals surface area (Å²) >= 11 is 7.20. The highest BCUT2D eigenvalue weighted by Gasteiger charge is 2.60. The minimum atomic E-state index is -0.902. The molecule has 2 aliphatic rings. The number of hydrogen-bond donors (Lipinski definition) is 1. The third-order valence-corrected chi connectivity index (χ3v) is 9.28. The number of halogens is 2. The van der Waals surface area contributed by atoms with Crippen molar-refractivity contribution >= 4 is 43.8 Å². The van der Waals surface area contributed by atoms with E-state index in [-0.39, 0.29) is 18.0 Å². The Morgan fingerprint density at radius 3 is 1.81 bits per heavy atom. The molecule has 186 valence electrons. The van der Waals surface area contributed by atoms with Crippen molar-refractivity contribution in [2.75, 3.05) is 0 Å². The van der Waals surface area contributed by atoms with Crippen molar-refractivity contribution in [1.82, 2.24) is 0 Å². The maximum atomic E-state index is 14.0. The van der Waals surface area contributed by atoms with Gasteiger partial charge in [-0.15, -0.1) is 0 Å². The third kappa shape index (κ3) is 4.78. The second kappa shape index (κ2) is 10.9. The van der Waals surface area contributed by atoms with Gasteiger partial charge in [0.1, 0.15) is 6.10 Å². The molecule has 0 spiro atoms. The first kappa shape index (κ1) is 25.2. The van der Waals surface area contributed by atoms with E-state index < -0.39 is 29.6 Å². The average Bonchev–Trinajstić information content (AvgIpc) is 2.86. The van der Waals surface area contributed by atoms with Gasteiger partial charge in [-0.25, -0.2) is 0 Å². The fraction of sp³-hybridized carbons (Fsp3) is 0.333. The lowest BCUT2D eigenvalue weighted by Gasteiger charge is -2.50. The van der Waals surface area contributed by atoms with Crippen LogP contribution in [0.5, 0.6) is 0 Å². The molecule has 0 aliphatic heterocycles. The monoisotopic (exact) mass is 610 g/mol. The predicted octanol–water partition coefficient (Wildman–Crippen LogP) is 7.68. The number of aliphatic carboxylic acids is 1. The number of esters is 1. The Morgan fingerprint density at radius 1 is 0.722 bits per heavy atom. The number of benzene rings is 3. The van der Waals surface area contributed by atoms with Crippen LogP contribution in [-0.2, 0) is 14.3 Å². The van der Waals surface area contributed by atoms with Gasteiger partial charge in [-0.05, 0) is 48.1 Å². The molecule has 1 N–H and O–H groups in total. The first-order valence-electron chi connectivity index (χ1n) is 12.4. The van der Waals surface area contributed by atoms with Crippen molar-refractivity contribution in [3.05, 3.63) is 104 Å². The van der Waals surface area contributed by atoms with E-state index in [1.54, 1.807) is 0 Å². The molecule has 3 aromatic carbocycles. The van der Waals surface area contributed by atoms with Gasteiger partial charge >= 0.3 is 11.9 Å². The Hall–Kier alpha value is -2.44. The van der Waals surface area contributed by atoms with E-state index in [0.717, 1.165) is 45.8 Å². The van der Waals surface area contributed by atoms with Crippen molar-refractivity contribution in [3.8, 4) is 0 Å². The van der Waals surface area contributed by atoms with Crippen LogP contribution in [0.4, 0.5) is 0 Å². The molecule has 4 atom stereocenters. The highest BCUT2D eigenvalue weighted by atomic mass is 79.9. The fourth-order valence-electron chi connectivity index (χ4n) is 6.16. The van der Waals surface area contributed by atoms with Crippen LogP contribution < -0.4 is 0 Å². The molecule has 0 amide bonds. The molecular weight excluding hydrogens is 584 g/mol. The summed E-state index contributed by atoms with van der Waals surface area (Å²) in [6.45, 7) is 0. The Labute approximate surface area is 228 Å². The lowest BCUT2D eigenvalue weighted by molar-refractivity contribution is -0.170. The van der Waals surface area contributed by atoms with Gasteiger partial charge in [-0.3, -0.25) is 9.59 Å². The summed E-state index contributed by atoms with van der Waals surface area (Å²) in [5.41, 5.74) is 2.86. The highest BCUT2D eigenvalue weighted by Crippen LogP contribution is 2.60. The van der Waals surface area contributed by atoms with E-state index in [9.17, 15) is 14.7 Å². The van der Waals surface area contributed by atoms with Gasteiger partial charge < -0.3 is 9.84 Å². The molecular formula is C30H28Br2O4. The Bertz CT molecular complexity index is 1190. The van der Waals surface area contributed by atoms with Crippen LogP contribution in [0.2, 0.25) is 0 Å². The minimum absolute atomic E-state index is 0.156. The zero-order valence-electron chi connectivity index (χ0n) is 19.7. The number of carbonyl (C=O) groups is 2. The molecule has 6 heteroatoms. The average molecular weight is 612 g/mol. The second-order valence-electron chi connectivity index (χ2n) is 9.76. The molecule has 0 heterocycles. The summed E-state index contributed by atoms with van der Waals surface area (Å²) in [7, 11) is 0. The number of hydrogen-bond acceptors (Lipinski definition) is 3. The summed E-state index contributed by atoms with van der Waals surface area (Å²) in [5.74, 6) is -3.36. The maximum absolute atomic E-state index is 14.0. The largest absolute Gasteiger partial charge is 0.481 e. The Morgan fingerprint density at radius 2 is 1.25 bits per heavy atom. The molecule has 3 aromatic rings. The molecule has 2 aliphatic carbocycles. The summed E-state index contributed by atoms with van der Waals surface area (Å²) < 4.78 is 7.93. The molecule has 0 unspecified atom stereocenters. The standard InChI is InChI=1S/C30H28Br2O4/c31-22-15-7-4-13-20(22)25-27(29(33)34)26(21-14-5-8-16-23(21)32)28(25)30(35)36-24-17-9-6-12-19(24)18-10-2-1-3-11-18/h1-5,7-8,10-11,13-16,19,24-28H,6,9,12,17H2,(H,33,34)/t19-,24+,25-,26-,27?,28?/m0/s1. The molecule has 0 bridgehead atoms. The van der Waals surface area contributed by atoms with Crippen LogP contribution >= 0.6 is 31.9 Å². The van der Waals surface area contributed by atoms with Crippen LogP contribution in [-0.4, -0.2) is 23.1 Å². The van der Waals surface area contributed by atoms with Crippen molar-refractivity contribution in [2.24, 2.45) is 11.8 Å². The topological polar surface area (TPSA) is 63.6 Å². The lowest BCUT2D eigenvalue weighted by atomic mass is 9.52. The number of rotatable bonds is 6. The van der Waals surface area contributed by atoms with E-state index in [2.05, 4.69) is 44.0 Å². The fourth-order valence-corrected chi connectivity index (χ4v) is 7.26. The van der Waals surface area contributed by atoms with E-state index in [1.165, 1.54) is 5.56 Å². The van der Waals surface area contributed by atoms with E-state index in [4.69, 9.17) is 4.74 Å². The number of carbonyl (C=O) groups excluding carboxylic acids is 1. The highest BCUT2D eigenvalue weighted by molar-refractivity contribution is 9.10. The summed E-state index contributed by atoms with van der Waals surface area (Å²) in [5, 5.41) is 10.3. The Balaban J connectivity index is 1.51. The van der Waals surface area contributed by atoms with E-state index in [1.807, 2.05) is 66.7 Å². The quantitative estimate of drug-likeness (QED) is 0.290. The van der Waals surface area contributed by atoms with Crippen molar-refractivity contribution in [3.63, 3.8) is 0 Å². The molecule has 0 radical (unpaired) electrons. The zero-order chi connectivity index (χ0) is 25.2. The molecule has 2 fully saturated rings. The molecule has 36 heavy (non-hydrogen) atoms. The molecule has 0 aromatic heterocycles. The van der Waals surface area contributed by atoms with Gasteiger partial charge in [0.15, 0.2) is 0 Å². The van der Waals surface area contributed by atoms with Crippen molar-refractivity contribution in [2.45, 2.75) is 49.5 Å². The predicted molar refractivity (Wildman–Crippen MR) is 146 cm³/mol. The summed E-state index contributed by atoms with van der Waals surface area (Å²) in [6.07, 6.45) is 3.71. The van der Waals surface area contributed by atoms with Crippen molar-refractivity contribution in [1.29, 1.82) is 0 Å². The van der Waals surface area contributed by atoms with Gasteiger partial charge in [-0.2, -0.15) is 0 Å². The second-order valence-corrected chi connectivity index (χ2v) is 11.5. The first-order valence-corrected chi connectivity index (χ1v) is 14.0. The number of carboxylic acids is 1. The van der Waals surface area contributed by atoms with Crippen LogP contribution in [0.15, 0.2) is 87.8 Å². The van der Waals surface area contributed by atoms with Crippen LogP contribution in [0.3, 0.4) is 0 Å². The van der Waals surface area contributed by atoms with Gasteiger partial charge in [0.25, 0.3) is 0 Å². The molecule has 2 saturated carbocycles. The first-order chi connectivity index (χ1) is 17.5. The lowest BCUT2D eigenvalue weighted by Crippen LogP contribution is -2.52. The van der Waals surface area contributed by atoms with E-state index in [0.29, 0.717) is 0 Å². The normalized spacial score (nSPS) is 27.6. The minimum Gasteiger partial charge on any atom is -0.481 e. The van der Waals surface area contributed by atoms with Crippen LogP contribution in [0.1, 0.15) is 60.1 Å². The van der Waals surface area contributed by atoms with Crippen molar-refractivity contribution < 1.29 is 19.4 Å². The van der Waals surface area contributed by atoms with Gasteiger partial charge in [0.2, 0.25) is 0 Å². The smallest absolute Gasteiger partial charge is 0.310 e. The number of carboxylic acid groups (broad SMARTS) is 1. The summed E-state index contributed by atoms with van der Waals surface area (Å²) in [6, 6.07) is 25.4. The van der Waals surface area contributed by atoms with Gasteiger partial charge in [-0.1, -0.05) is 105 Å².